The predicted molar refractivity (Wildman–Crippen MR) is 109 cm³/mol. The maximum Gasteiger partial charge on any atom is 0.180 e. The second-order valence-corrected chi connectivity index (χ2v) is 6.69. The lowest BCUT2D eigenvalue weighted by Gasteiger charge is -2.21. The zero-order chi connectivity index (χ0) is 19.3. The van der Waals surface area contributed by atoms with Gasteiger partial charge in [0.05, 0.1) is 12.1 Å². The van der Waals surface area contributed by atoms with Crippen molar-refractivity contribution in [2.24, 2.45) is 0 Å². The molecule has 4 rings (SSSR count). The van der Waals surface area contributed by atoms with Crippen molar-refractivity contribution in [3.8, 4) is 5.75 Å². The molecule has 2 aliphatic rings. The monoisotopic (exact) mass is 373 g/mol. The first-order valence-corrected chi connectivity index (χ1v) is 9.30. The summed E-state index contributed by atoms with van der Waals surface area (Å²) in [5, 5.41) is 6.90. The summed E-state index contributed by atoms with van der Waals surface area (Å²) in [6, 6.07) is 9.80. The Balaban J connectivity index is 1.67. The molecule has 0 spiro atoms. The lowest BCUT2D eigenvalue weighted by atomic mass is 9.93. The number of ether oxygens (including phenoxy) is 1. The number of dihydropyridines is 1. The summed E-state index contributed by atoms with van der Waals surface area (Å²) in [5.74, 6) is 3.67. The van der Waals surface area contributed by atoms with Crippen LogP contribution in [0.2, 0.25) is 0 Å². The van der Waals surface area contributed by atoms with Crippen molar-refractivity contribution in [3.63, 3.8) is 0 Å². The number of allylic oxidation sites excluding steroid dienone is 4. The second-order valence-electron chi connectivity index (χ2n) is 6.69. The molecular weight excluding hydrogens is 350 g/mol. The van der Waals surface area contributed by atoms with Gasteiger partial charge in [-0.25, -0.2) is 4.98 Å². The topological polar surface area (TPSA) is 59.3 Å². The molecule has 28 heavy (non-hydrogen) atoms. The van der Waals surface area contributed by atoms with Crippen LogP contribution in [0, 0.1) is 0 Å². The largest absolute Gasteiger partial charge is 0.457 e. The summed E-state index contributed by atoms with van der Waals surface area (Å²) < 4.78 is 11.7. The van der Waals surface area contributed by atoms with E-state index in [1.165, 1.54) is 17.5 Å². The number of rotatable bonds is 6. The van der Waals surface area contributed by atoms with Crippen LogP contribution in [0.4, 0.5) is 0 Å². The SMILES string of the molecule is C=C/C=C\C(Oc1ccccc1)=C(/C)C1=CC2=C(NC1)NCC2c1cnco1. The lowest BCUT2D eigenvalue weighted by Crippen LogP contribution is -2.28. The number of hydrogen-bond acceptors (Lipinski definition) is 5. The number of nitrogens with zero attached hydrogens (tertiary/aromatic N) is 1. The van der Waals surface area contributed by atoms with Gasteiger partial charge < -0.3 is 19.8 Å². The zero-order valence-corrected chi connectivity index (χ0v) is 15.8. The van der Waals surface area contributed by atoms with E-state index in [9.17, 15) is 0 Å². The van der Waals surface area contributed by atoms with Gasteiger partial charge in [0.2, 0.25) is 0 Å². The molecule has 0 bridgehead atoms. The van der Waals surface area contributed by atoms with Crippen LogP contribution in [0.3, 0.4) is 0 Å². The van der Waals surface area contributed by atoms with Gasteiger partial charge in [-0.1, -0.05) is 36.9 Å². The fourth-order valence-electron chi connectivity index (χ4n) is 3.41. The second kappa shape index (κ2) is 8.05. The number of nitrogens with one attached hydrogen (secondary N) is 2. The van der Waals surface area contributed by atoms with Crippen molar-refractivity contribution < 1.29 is 9.15 Å². The van der Waals surface area contributed by atoms with E-state index in [2.05, 4.69) is 35.2 Å². The Labute approximate surface area is 164 Å². The first kappa shape index (κ1) is 17.9. The van der Waals surface area contributed by atoms with Crippen molar-refractivity contribution in [3.05, 3.63) is 108 Å². The van der Waals surface area contributed by atoms with E-state index in [0.717, 1.165) is 41.8 Å². The van der Waals surface area contributed by atoms with Gasteiger partial charge >= 0.3 is 0 Å². The molecule has 1 unspecified atom stereocenters. The Kier molecular flexibility index (Phi) is 5.15. The Bertz CT molecular complexity index is 967. The first-order valence-electron chi connectivity index (χ1n) is 9.30. The standard InChI is InChI=1S/C23H23N3O2/c1-3-4-10-21(28-18-8-6-5-7-9-18)16(2)17-11-19-20(22-14-24-15-27-22)13-26-23(19)25-12-17/h3-11,14-15,20,25-26H,1,12-13H2,2H3/b10-4-,21-16-. The molecule has 1 aromatic heterocycles. The molecule has 5 nitrogen and oxygen atoms in total. The Morgan fingerprint density at radius 3 is 2.89 bits per heavy atom. The van der Waals surface area contributed by atoms with Crippen molar-refractivity contribution in [1.82, 2.24) is 15.6 Å². The minimum Gasteiger partial charge on any atom is -0.457 e. The quantitative estimate of drug-likeness (QED) is 0.587. The summed E-state index contributed by atoms with van der Waals surface area (Å²) >= 11 is 0. The van der Waals surface area contributed by atoms with E-state index >= 15 is 0 Å². The average Bonchev–Trinajstić information content (AvgIpc) is 3.40. The van der Waals surface area contributed by atoms with Crippen molar-refractivity contribution in [1.29, 1.82) is 0 Å². The maximum atomic E-state index is 6.16. The third-order valence-corrected chi connectivity index (χ3v) is 4.93. The van der Waals surface area contributed by atoms with E-state index in [1.54, 1.807) is 12.3 Å². The van der Waals surface area contributed by atoms with Crippen LogP contribution >= 0.6 is 0 Å². The minimum absolute atomic E-state index is 0.148. The Hall–Kier alpha value is -3.47. The summed E-state index contributed by atoms with van der Waals surface area (Å²) in [7, 11) is 0. The average molecular weight is 373 g/mol. The molecule has 2 aliphatic heterocycles. The number of para-hydroxylation sites is 1. The molecule has 1 atom stereocenters. The highest BCUT2D eigenvalue weighted by atomic mass is 16.5. The lowest BCUT2D eigenvalue weighted by molar-refractivity contribution is 0.438. The van der Waals surface area contributed by atoms with Crippen LogP contribution in [0.5, 0.6) is 5.75 Å². The fraction of sp³-hybridized carbons (Fsp3) is 0.174. The van der Waals surface area contributed by atoms with Gasteiger partial charge in [0.1, 0.15) is 23.1 Å². The van der Waals surface area contributed by atoms with Gasteiger partial charge in [-0.05, 0) is 42.4 Å². The van der Waals surface area contributed by atoms with E-state index in [-0.39, 0.29) is 5.92 Å². The van der Waals surface area contributed by atoms with Gasteiger partial charge in [-0.15, -0.1) is 0 Å². The molecule has 142 valence electrons. The van der Waals surface area contributed by atoms with Crippen molar-refractivity contribution >= 4 is 0 Å². The van der Waals surface area contributed by atoms with Crippen molar-refractivity contribution in [2.45, 2.75) is 12.8 Å². The summed E-state index contributed by atoms with van der Waals surface area (Å²) in [5.41, 5.74) is 3.43. The smallest absolute Gasteiger partial charge is 0.180 e. The van der Waals surface area contributed by atoms with Crippen molar-refractivity contribution in [2.75, 3.05) is 13.1 Å². The van der Waals surface area contributed by atoms with E-state index in [4.69, 9.17) is 9.15 Å². The Morgan fingerprint density at radius 2 is 2.14 bits per heavy atom. The molecule has 0 saturated carbocycles. The van der Waals surface area contributed by atoms with Gasteiger partial charge in [0.25, 0.3) is 0 Å². The Morgan fingerprint density at radius 1 is 1.29 bits per heavy atom. The van der Waals surface area contributed by atoms with Gasteiger partial charge in [0.15, 0.2) is 6.39 Å². The fourth-order valence-corrected chi connectivity index (χ4v) is 3.41. The molecule has 1 aromatic carbocycles. The molecule has 0 amide bonds. The van der Waals surface area contributed by atoms with Crippen LogP contribution in [0.25, 0.3) is 0 Å². The normalized spacial score (nSPS) is 19.5. The van der Waals surface area contributed by atoms with Gasteiger partial charge in [-0.2, -0.15) is 0 Å². The molecular formula is C23H23N3O2. The molecule has 0 saturated heterocycles. The third-order valence-electron chi connectivity index (χ3n) is 4.93. The maximum absolute atomic E-state index is 6.16. The van der Waals surface area contributed by atoms with Gasteiger partial charge in [0, 0.05) is 18.7 Å². The van der Waals surface area contributed by atoms with Gasteiger partial charge in [-0.3, -0.25) is 0 Å². The summed E-state index contributed by atoms with van der Waals surface area (Å²) in [6.07, 6.45) is 11.1. The number of oxazole rings is 1. The van der Waals surface area contributed by atoms with E-state index < -0.39 is 0 Å². The van der Waals surface area contributed by atoms with E-state index in [0.29, 0.717) is 0 Å². The number of hydrogen-bond donors (Lipinski definition) is 2. The molecule has 0 radical (unpaired) electrons. The summed E-state index contributed by atoms with van der Waals surface area (Å²) in [6.45, 7) is 7.37. The van der Waals surface area contributed by atoms with Crippen LogP contribution in [-0.4, -0.2) is 18.1 Å². The molecule has 0 aliphatic carbocycles. The van der Waals surface area contributed by atoms with Crippen LogP contribution in [0.15, 0.2) is 107 Å². The highest BCUT2D eigenvalue weighted by Crippen LogP contribution is 2.34. The van der Waals surface area contributed by atoms with Crippen LogP contribution < -0.4 is 15.4 Å². The third kappa shape index (κ3) is 3.64. The minimum atomic E-state index is 0.148. The molecule has 3 heterocycles. The number of aromatic nitrogens is 1. The molecule has 5 heteroatoms. The highest BCUT2D eigenvalue weighted by molar-refractivity contribution is 5.50. The van der Waals surface area contributed by atoms with Crippen LogP contribution in [-0.2, 0) is 0 Å². The van der Waals surface area contributed by atoms with E-state index in [1.807, 2.05) is 42.5 Å². The highest BCUT2D eigenvalue weighted by Gasteiger charge is 2.30. The molecule has 2 aromatic rings. The molecule has 0 fully saturated rings. The predicted octanol–water partition coefficient (Wildman–Crippen LogP) is 4.20. The zero-order valence-electron chi connectivity index (χ0n) is 15.8. The first-order chi connectivity index (χ1) is 13.8. The summed E-state index contributed by atoms with van der Waals surface area (Å²) in [4.78, 5) is 4.06. The number of benzene rings is 1. The molecule has 2 N–H and O–H groups in total. The van der Waals surface area contributed by atoms with Crippen LogP contribution in [0.1, 0.15) is 18.6 Å².